The maximum atomic E-state index is 12.4. The summed E-state index contributed by atoms with van der Waals surface area (Å²) in [6, 6.07) is 3.73. The van der Waals surface area contributed by atoms with Crippen molar-refractivity contribution in [2.75, 3.05) is 19.6 Å². The molecule has 1 unspecified atom stereocenters. The number of hydrogen-bond donors (Lipinski definition) is 1. The van der Waals surface area contributed by atoms with Crippen LogP contribution in [0.4, 0.5) is 0 Å². The first-order valence-electron chi connectivity index (χ1n) is 7.27. The van der Waals surface area contributed by atoms with Crippen LogP contribution in [0.1, 0.15) is 23.3 Å². The highest BCUT2D eigenvalue weighted by Crippen LogP contribution is 2.28. The van der Waals surface area contributed by atoms with Gasteiger partial charge in [0.2, 0.25) is 0 Å². The Morgan fingerprint density at radius 2 is 2.24 bits per heavy atom. The largest absolute Gasteiger partial charge is 0.461 e. The Hall–Kier alpha value is -1.59. The molecule has 0 aromatic carbocycles. The molecule has 110 valence electrons. The number of rotatable bonds is 2. The van der Waals surface area contributed by atoms with Crippen LogP contribution in [0.15, 0.2) is 22.8 Å². The average molecular weight is 306 g/mol. The van der Waals surface area contributed by atoms with Crippen LogP contribution in [0.5, 0.6) is 0 Å². The molecule has 5 heterocycles. The van der Waals surface area contributed by atoms with E-state index >= 15 is 0 Å². The number of pyridine rings is 1. The summed E-state index contributed by atoms with van der Waals surface area (Å²) in [6.07, 6.45) is 3.88. The van der Waals surface area contributed by atoms with Crippen LogP contribution < -0.4 is 5.32 Å². The van der Waals surface area contributed by atoms with E-state index in [1.165, 1.54) is 12.8 Å². The molecule has 3 aliphatic rings. The first kappa shape index (κ1) is 13.1. The Balaban J connectivity index is 1.56. The molecule has 2 aromatic heterocycles. The highest BCUT2D eigenvalue weighted by atomic mass is 35.5. The topological polar surface area (TPSA) is 58.4 Å². The van der Waals surface area contributed by atoms with Gasteiger partial charge >= 0.3 is 0 Å². The zero-order valence-electron chi connectivity index (χ0n) is 11.5. The number of carbonyl (C=O) groups is 1. The molecule has 3 fully saturated rings. The monoisotopic (exact) mass is 305 g/mol. The first-order valence-corrected chi connectivity index (χ1v) is 7.65. The van der Waals surface area contributed by atoms with E-state index in [1.54, 1.807) is 18.4 Å². The average Bonchev–Trinajstić information content (AvgIpc) is 2.97. The van der Waals surface area contributed by atoms with Gasteiger partial charge in [0, 0.05) is 18.0 Å². The summed E-state index contributed by atoms with van der Waals surface area (Å²) in [6.45, 7) is 3.25. The van der Waals surface area contributed by atoms with Crippen molar-refractivity contribution in [3.05, 3.63) is 29.2 Å². The number of nitrogens with one attached hydrogen (secondary N) is 1. The van der Waals surface area contributed by atoms with Gasteiger partial charge in [-0.15, -0.1) is 0 Å². The molecule has 1 atom stereocenters. The van der Waals surface area contributed by atoms with Crippen molar-refractivity contribution in [3.63, 3.8) is 0 Å². The third kappa shape index (κ3) is 2.30. The zero-order valence-corrected chi connectivity index (χ0v) is 12.3. The highest BCUT2D eigenvalue weighted by Gasteiger charge is 2.35. The summed E-state index contributed by atoms with van der Waals surface area (Å²) >= 11 is 6.06. The van der Waals surface area contributed by atoms with E-state index in [2.05, 4.69) is 15.2 Å². The Labute approximate surface area is 127 Å². The number of piperidine rings is 3. The van der Waals surface area contributed by atoms with Crippen molar-refractivity contribution >= 4 is 28.5 Å². The minimum absolute atomic E-state index is 0.154. The fourth-order valence-electron chi connectivity index (χ4n) is 3.42. The highest BCUT2D eigenvalue weighted by molar-refractivity contribution is 6.33. The molecule has 3 aliphatic heterocycles. The zero-order chi connectivity index (χ0) is 14.4. The summed E-state index contributed by atoms with van der Waals surface area (Å²) in [7, 11) is 0. The van der Waals surface area contributed by atoms with E-state index in [0.717, 1.165) is 25.0 Å². The lowest BCUT2D eigenvalue weighted by atomic mass is 9.84. The van der Waals surface area contributed by atoms with Gasteiger partial charge in [-0.05, 0) is 44.0 Å². The molecule has 2 aromatic rings. The standard InChI is InChI=1S/C15H16ClN3O2/c16-14-13-10(3-6-21-13)7-11(17-14)15(20)18-12-8-19-4-1-9(12)2-5-19/h3,6-7,9,12H,1-2,4-5,8H2,(H,18,20). The molecule has 0 spiro atoms. The van der Waals surface area contributed by atoms with Crippen LogP contribution in [0.3, 0.4) is 0 Å². The van der Waals surface area contributed by atoms with Crippen LogP contribution in [-0.4, -0.2) is 41.5 Å². The Kier molecular flexibility index (Phi) is 3.12. The number of hydrogen-bond acceptors (Lipinski definition) is 4. The molecule has 0 saturated carbocycles. The molecule has 21 heavy (non-hydrogen) atoms. The second kappa shape index (κ2) is 5.00. The van der Waals surface area contributed by atoms with Gasteiger partial charge in [0.15, 0.2) is 10.7 Å². The van der Waals surface area contributed by atoms with Crippen LogP contribution in [0.2, 0.25) is 5.15 Å². The number of halogens is 1. The normalized spacial score (nSPS) is 28.0. The third-order valence-electron chi connectivity index (χ3n) is 4.60. The van der Waals surface area contributed by atoms with Crippen LogP contribution in [-0.2, 0) is 0 Å². The Bertz CT molecular complexity index is 691. The third-order valence-corrected chi connectivity index (χ3v) is 4.86. The van der Waals surface area contributed by atoms with Crippen molar-refractivity contribution in [1.29, 1.82) is 0 Å². The maximum absolute atomic E-state index is 12.4. The van der Waals surface area contributed by atoms with Crippen molar-refractivity contribution in [1.82, 2.24) is 15.2 Å². The molecule has 5 nitrogen and oxygen atoms in total. The van der Waals surface area contributed by atoms with Gasteiger partial charge in [0.1, 0.15) is 5.69 Å². The number of amides is 1. The smallest absolute Gasteiger partial charge is 0.270 e. The van der Waals surface area contributed by atoms with E-state index in [0.29, 0.717) is 17.2 Å². The van der Waals surface area contributed by atoms with E-state index in [4.69, 9.17) is 16.0 Å². The van der Waals surface area contributed by atoms with Crippen molar-refractivity contribution in [2.45, 2.75) is 18.9 Å². The van der Waals surface area contributed by atoms with E-state index in [-0.39, 0.29) is 17.1 Å². The second-order valence-corrected chi connectivity index (χ2v) is 6.21. The number of carbonyl (C=O) groups excluding carboxylic acids is 1. The van der Waals surface area contributed by atoms with E-state index in [1.807, 2.05) is 0 Å². The fraction of sp³-hybridized carbons (Fsp3) is 0.467. The van der Waals surface area contributed by atoms with Crippen LogP contribution >= 0.6 is 11.6 Å². The second-order valence-electron chi connectivity index (χ2n) is 5.86. The van der Waals surface area contributed by atoms with Gasteiger partial charge < -0.3 is 14.6 Å². The molecule has 0 radical (unpaired) electrons. The predicted octanol–water partition coefficient (Wildman–Crippen LogP) is 2.31. The molecule has 2 bridgehead atoms. The minimum Gasteiger partial charge on any atom is -0.461 e. The molecule has 5 rings (SSSR count). The summed E-state index contributed by atoms with van der Waals surface area (Å²) in [5, 5.41) is 4.15. The summed E-state index contributed by atoms with van der Waals surface area (Å²) in [5.74, 6) is 0.436. The summed E-state index contributed by atoms with van der Waals surface area (Å²) in [5.41, 5.74) is 0.876. The predicted molar refractivity (Wildman–Crippen MR) is 79.4 cm³/mol. The van der Waals surface area contributed by atoms with Crippen molar-refractivity contribution in [2.24, 2.45) is 5.92 Å². The molecule has 0 aliphatic carbocycles. The number of nitrogens with zero attached hydrogens (tertiary/aromatic N) is 2. The van der Waals surface area contributed by atoms with Gasteiger partial charge in [-0.25, -0.2) is 4.98 Å². The lowest BCUT2D eigenvalue weighted by Crippen LogP contribution is -2.57. The molecular weight excluding hydrogens is 290 g/mol. The summed E-state index contributed by atoms with van der Waals surface area (Å²) < 4.78 is 5.24. The fourth-order valence-corrected chi connectivity index (χ4v) is 3.67. The minimum atomic E-state index is -0.154. The Morgan fingerprint density at radius 1 is 1.43 bits per heavy atom. The summed E-state index contributed by atoms with van der Waals surface area (Å²) in [4.78, 5) is 19.0. The maximum Gasteiger partial charge on any atom is 0.270 e. The number of fused-ring (bicyclic) bond motifs is 4. The van der Waals surface area contributed by atoms with Gasteiger partial charge in [0.05, 0.1) is 6.26 Å². The molecule has 1 amide bonds. The first-order chi connectivity index (χ1) is 10.2. The van der Waals surface area contributed by atoms with Gasteiger partial charge in [-0.2, -0.15) is 0 Å². The molecule has 6 heteroatoms. The van der Waals surface area contributed by atoms with Crippen LogP contribution in [0.25, 0.3) is 11.0 Å². The van der Waals surface area contributed by atoms with Gasteiger partial charge in [-0.3, -0.25) is 4.79 Å². The van der Waals surface area contributed by atoms with Crippen molar-refractivity contribution in [3.8, 4) is 0 Å². The van der Waals surface area contributed by atoms with E-state index < -0.39 is 0 Å². The number of aromatic nitrogens is 1. The molecule has 3 saturated heterocycles. The van der Waals surface area contributed by atoms with E-state index in [9.17, 15) is 4.79 Å². The number of furan rings is 1. The van der Waals surface area contributed by atoms with Crippen molar-refractivity contribution < 1.29 is 9.21 Å². The van der Waals surface area contributed by atoms with Gasteiger partial charge in [-0.1, -0.05) is 11.6 Å². The lowest BCUT2D eigenvalue weighted by molar-refractivity contribution is 0.0618. The molecule has 1 N–H and O–H groups in total. The lowest BCUT2D eigenvalue weighted by Gasteiger charge is -2.44. The quantitative estimate of drug-likeness (QED) is 0.865. The SMILES string of the molecule is O=C(NC1CN2CCC1CC2)c1cc2ccoc2c(Cl)n1. The molecular formula is C15H16ClN3O2. The van der Waals surface area contributed by atoms with Gasteiger partial charge in [0.25, 0.3) is 5.91 Å². The Morgan fingerprint density at radius 3 is 2.95 bits per heavy atom. The van der Waals surface area contributed by atoms with Crippen LogP contribution in [0, 0.1) is 5.92 Å².